The number of benzene rings is 1. The first-order valence-corrected chi connectivity index (χ1v) is 6.06. The predicted octanol–water partition coefficient (Wildman–Crippen LogP) is 0.770. The van der Waals surface area contributed by atoms with Gasteiger partial charge in [-0.05, 0) is 12.1 Å². The van der Waals surface area contributed by atoms with Crippen molar-refractivity contribution < 1.29 is 4.74 Å². The lowest BCUT2D eigenvalue weighted by molar-refractivity contribution is 0.121. The fourth-order valence-corrected chi connectivity index (χ4v) is 2.25. The Hall–Kier alpha value is -1.88. The Kier molecular flexibility index (Phi) is 2.76. The molecule has 0 bridgehead atoms. The Morgan fingerprint density at radius 3 is 2.72 bits per heavy atom. The van der Waals surface area contributed by atoms with Gasteiger partial charge in [-0.15, -0.1) is 0 Å². The van der Waals surface area contributed by atoms with Crippen molar-refractivity contribution in [1.29, 1.82) is 0 Å². The zero-order valence-corrected chi connectivity index (χ0v) is 10.3. The van der Waals surface area contributed by atoms with Crippen LogP contribution < -0.4 is 10.5 Å². The van der Waals surface area contributed by atoms with E-state index in [-0.39, 0.29) is 5.56 Å². The van der Waals surface area contributed by atoms with Crippen LogP contribution in [-0.4, -0.2) is 35.9 Å². The summed E-state index contributed by atoms with van der Waals surface area (Å²) in [7, 11) is 1.77. The highest BCUT2D eigenvalue weighted by Gasteiger charge is 2.17. The van der Waals surface area contributed by atoms with Crippen molar-refractivity contribution in [3.05, 3.63) is 34.6 Å². The van der Waals surface area contributed by atoms with Gasteiger partial charge in [-0.1, -0.05) is 12.1 Å². The standard InChI is InChI=1S/C13H15N3O2/c1-15-12(17)10-4-2-3-5-11(10)14-13(15)16-6-8-18-9-7-16/h2-5H,6-9H2,1H3. The maximum absolute atomic E-state index is 12.3. The average Bonchev–Trinajstić information content (AvgIpc) is 2.44. The predicted molar refractivity (Wildman–Crippen MR) is 70.0 cm³/mol. The first-order valence-electron chi connectivity index (χ1n) is 6.06. The van der Waals surface area contributed by atoms with E-state index in [9.17, 15) is 4.79 Å². The molecule has 1 aromatic heterocycles. The summed E-state index contributed by atoms with van der Waals surface area (Å²) in [6.45, 7) is 2.92. The molecule has 2 heterocycles. The summed E-state index contributed by atoms with van der Waals surface area (Å²) >= 11 is 0. The largest absolute Gasteiger partial charge is 0.378 e. The van der Waals surface area contributed by atoms with Gasteiger partial charge in [0.2, 0.25) is 5.95 Å². The van der Waals surface area contributed by atoms with E-state index in [0.29, 0.717) is 18.6 Å². The average molecular weight is 245 g/mol. The summed E-state index contributed by atoms with van der Waals surface area (Å²) in [5.74, 6) is 0.724. The highest BCUT2D eigenvalue weighted by molar-refractivity contribution is 5.78. The van der Waals surface area contributed by atoms with Crippen molar-refractivity contribution in [3.63, 3.8) is 0 Å². The Bertz CT molecular complexity index is 630. The van der Waals surface area contributed by atoms with E-state index in [1.54, 1.807) is 11.6 Å². The summed E-state index contributed by atoms with van der Waals surface area (Å²) in [4.78, 5) is 18.9. The number of para-hydroxylation sites is 1. The fourth-order valence-electron chi connectivity index (χ4n) is 2.25. The van der Waals surface area contributed by atoms with Crippen LogP contribution in [0.2, 0.25) is 0 Å². The van der Waals surface area contributed by atoms with Crippen molar-refractivity contribution in [2.45, 2.75) is 0 Å². The Morgan fingerprint density at radius 2 is 1.94 bits per heavy atom. The molecule has 1 saturated heterocycles. The highest BCUT2D eigenvalue weighted by atomic mass is 16.5. The molecule has 0 unspecified atom stereocenters. The van der Waals surface area contributed by atoms with E-state index in [1.807, 2.05) is 24.3 Å². The molecule has 0 saturated carbocycles. The van der Waals surface area contributed by atoms with Crippen LogP contribution in [0.3, 0.4) is 0 Å². The zero-order chi connectivity index (χ0) is 12.5. The molecule has 0 spiro atoms. The molecular formula is C13H15N3O2. The molecule has 1 aliphatic heterocycles. The first kappa shape index (κ1) is 11.2. The fraction of sp³-hybridized carbons (Fsp3) is 0.385. The number of morpholine rings is 1. The van der Waals surface area contributed by atoms with Crippen LogP contribution in [0.4, 0.5) is 5.95 Å². The molecule has 1 aromatic carbocycles. The summed E-state index contributed by atoms with van der Waals surface area (Å²) in [6, 6.07) is 7.45. The maximum atomic E-state index is 12.3. The topological polar surface area (TPSA) is 47.4 Å². The zero-order valence-electron chi connectivity index (χ0n) is 10.3. The van der Waals surface area contributed by atoms with Gasteiger partial charge >= 0.3 is 0 Å². The number of ether oxygens (including phenoxy) is 1. The number of hydrogen-bond acceptors (Lipinski definition) is 4. The van der Waals surface area contributed by atoms with Crippen molar-refractivity contribution in [1.82, 2.24) is 9.55 Å². The number of aromatic nitrogens is 2. The number of nitrogens with zero attached hydrogens (tertiary/aromatic N) is 3. The lowest BCUT2D eigenvalue weighted by atomic mass is 10.2. The van der Waals surface area contributed by atoms with Gasteiger partial charge in [0.25, 0.3) is 5.56 Å². The van der Waals surface area contributed by atoms with Gasteiger partial charge in [0.05, 0.1) is 24.1 Å². The molecule has 0 radical (unpaired) electrons. The van der Waals surface area contributed by atoms with E-state index >= 15 is 0 Å². The monoisotopic (exact) mass is 245 g/mol. The smallest absolute Gasteiger partial charge is 0.262 e. The molecule has 5 nitrogen and oxygen atoms in total. The molecular weight excluding hydrogens is 230 g/mol. The van der Waals surface area contributed by atoms with Gasteiger partial charge in [0, 0.05) is 20.1 Å². The summed E-state index contributed by atoms with van der Waals surface area (Å²) in [6.07, 6.45) is 0. The van der Waals surface area contributed by atoms with E-state index in [0.717, 1.165) is 24.6 Å². The van der Waals surface area contributed by atoms with Crippen LogP contribution in [0.1, 0.15) is 0 Å². The number of fused-ring (bicyclic) bond motifs is 1. The Balaban J connectivity index is 2.17. The van der Waals surface area contributed by atoms with Crippen LogP contribution in [0.25, 0.3) is 10.9 Å². The lowest BCUT2D eigenvalue weighted by Crippen LogP contribution is -2.40. The Labute approximate surface area is 105 Å². The van der Waals surface area contributed by atoms with Gasteiger partial charge in [-0.2, -0.15) is 0 Å². The second-order valence-corrected chi connectivity index (χ2v) is 4.39. The molecule has 0 aliphatic carbocycles. The molecule has 2 aromatic rings. The molecule has 1 aliphatic rings. The van der Waals surface area contributed by atoms with Gasteiger partial charge < -0.3 is 9.64 Å². The third-order valence-corrected chi connectivity index (χ3v) is 3.25. The van der Waals surface area contributed by atoms with Gasteiger partial charge in [0.15, 0.2) is 0 Å². The molecule has 18 heavy (non-hydrogen) atoms. The number of rotatable bonds is 1. The molecule has 0 N–H and O–H groups in total. The molecule has 5 heteroatoms. The third-order valence-electron chi connectivity index (χ3n) is 3.25. The van der Waals surface area contributed by atoms with Gasteiger partial charge in [-0.3, -0.25) is 9.36 Å². The minimum atomic E-state index is 0.00194. The molecule has 1 fully saturated rings. The van der Waals surface area contributed by atoms with Crippen LogP contribution in [-0.2, 0) is 11.8 Å². The normalized spacial score (nSPS) is 16.2. The van der Waals surface area contributed by atoms with Crippen molar-refractivity contribution in [2.75, 3.05) is 31.2 Å². The van der Waals surface area contributed by atoms with Crippen LogP contribution >= 0.6 is 0 Å². The van der Waals surface area contributed by atoms with E-state index in [1.165, 1.54) is 0 Å². The summed E-state index contributed by atoms with van der Waals surface area (Å²) < 4.78 is 6.94. The Morgan fingerprint density at radius 1 is 1.22 bits per heavy atom. The number of hydrogen-bond donors (Lipinski definition) is 0. The van der Waals surface area contributed by atoms with Gasteiger partial charge in [0.1, 0.15) is 0 Å². The van der Waals surface area contributed by atoms with E-state index < -0.39 is 0 Å². The first-order chi connectivity index (χ1) is 8.77. The second kappa shape index (κ2) is 4.42. The minimum absolute atomic E-state index is 0.00194. The van der Waals surface area contributed by atoms with Gasteiger partial charge in [-0.25, -0.2) is 4.98 Å². The van der Waals surface area contributed by atoms with Crippen LogP contribution in [0.15, 0.2) is 29.1 Å². The van der Waals surface area contributed by atoms with E-state index in [2.05, 4.69) is 9.88 Å². The van der Waals surface area contributed by atoms with Crippen LogP contribution in [0.5, 0.6) is 0 Å². The summed E-state index contributed by atoms with van der Waals surface area (Å²) in [5.41, 5.74) is 0.754. The lowest BCUT2D eigenvalue weighted by Gasteiger charge is -2.29. The SMILES string of the molecule is Cn1c(N2CCOCC2)nc2ccccc2c1=O. The van der Waals surface area contributed by atoms with Crippen molar-refractivity contribution in [3.8, 4) is 0 Å². The van der Waals surface area contributed by atoms with Crippen molar-refractivity contribution >= 4 is 16.9 Å². The second-order valence-electron chi connectivity index (χ2n) is 4.39. The number of anilines is 1. The van der Waals surface area contributed by atoms with Crippen molar-refractivity contribution in [2.24, 2.45) is 7.05 Å². The maximum Gasteiger partial charge on any atom is 0.262 e. The quantitative estimate of drug-likeness (QED) is 0.744. The molecule has 3 rings (SSSR count). The van der Waals surface area contributed by atoms with Crippen LogP contribution in [0, 0.1) is 0 Å². The third kappa shape index (κ3) is 1.76. The highest BCUT2D eigenvalue weighted by Crippen LogP contribution is 2.14. The van der Waals surface area contributed by atoms with E-state index in [4.69, 9.17) is 4.74 Å². The molecule has 94 valence electrons. The molecule has 0 amide bonds. The summed E-state index contributed by atoms with van der Waals surface area (Å²) in [5, 5.41) is 0.664. The minimum Gasteiger partial charge on any atom is -0.378 e. The molecule has 0 atom stereocenters.